The average molecular weight is 404 g/mol. The van der Waals surface area contributed by atoms with Crippen molar-refractivity contribution in [3.05, 3.63) is 59.2 Å². The Kier molecular flexibility index (Phi) is 6.33. The molecule has 2 aromatic carbocycles. The first-order chi connectivity index (χ1) is 13.5. The van der Waals surface area contributed by atoms with Crippen LogP contribution in [0.25, 0.3) is 0 Å². The SMILES string of the molecule is COCCNS(=O)(=O)c1cc(C(=O)NC2CCc3ccccc32)ccc1OC. The van der Waals surface area contributed by atoms with Crippen LogP contribution in [0.5, 0.6) is 5.75 Å². The molecule has 7 nitrogen and oxygen atoms in total. The summed E-state index contributed by atoms with van der Waals surface area (Å²) in [4.78, 5) is 12.7. The third-order valence-electron chi connectivity index (χ3n) is 4.75. The van der Waals surface area contributed by atoms with Gasteiger partial charge in [-0.3, -0.25) is 4.79 Å². The van der Waals surface area contributed by atoms with Gasteiger partial charge in [0.25, 0.3) is 5.91 Å². The first-order valence-electron chi connectivity index (χ1n) is 9.01. The smallest absolute Gasteiger partial charge is 0.251 e. The molecule has 150 valence electrons. The number of rotatable bonds is 8. The zero-order valence-corrected chi connectivity index (χ0v) is 16.7. The first kappa shape index (κ1) is 20.3. The van der Waals surface area contributed by atoms with Gasteiger partial charge >= 0.3 is 0 Å². The number of methoxy groups -OCH3 is 2. The summed E-state index contributed by atoms with van der Waals surface area (Å²) in [7, 11) is -0.967. The molecule has 0 radical (unpaired) electrons. The maximum Gasteiger partial charge on any atom is 0.251 e. The molecule has 0 heterocycles. The van der Waals surface area contributed by atoms with E-state index in [0.29, 0.717) is 0 Å². The summed E-state index contributed by atoms with van der Waals surface area (Å²) in [6, 6.07) is 12.3. The monoisotopic (exact) mass is 404 g/mol. The fourth-order valence-corrected chi connectivity index (χ4v) is 4.54. The second kappa shape index (κ2) is 8.72. The lowest BCUT2D eigenvalue weighted by molar-refractivity contribution is 0.0936. The fourth-order valence-electron chi connectivity index (χ4n) is 3.33. The van der Waals surface area contributed by atoms with E-state index in [2.05, 4.69) is 16.1 Å². The van der Waals surface area contributed by atoms with Gasteiger partial charge in [0.05, 0.1) is 19.8 Å². The second-order valence-electron chi connectivity index (χ2n) is 6.52. The largest absolute Gasteiger partial charge is 0.495 e. The fraction of sp³-hybridized carbons (Fsp3) is 0.350. The van der Waals surface area contributed by atoms with Gasteiger partial charge in [0.2, 0.25) is 10.0 Å². The highest BCUT2D eigenvalue weighted by Gasteiger charge is 2.25. The zero-order chi connectivity index (χ0) is 20.1. The summed E-state index contributed by atoms with van der Waals surface area (Å²) in [5.41, 5.74) is 2.60. The van der Waals surface area contributed by atoms with Crippen molar-refractivity contribution in [1.29, 1.82) is 0 Å². The van der Waals surface area contributed by atoms with Crippen molar-refractivity contribution in [3.8, 4) is 5.75 Å². The Morgan fingerprint density at radius 1 is 1.18 bits per heavy atom. The summed E-state index contributed by atoms with van der Waals surface area (Å²) >= 11 is 0. The quantitative estimate of drug-likeness (QED) is 0.657. The molecule has 8 heteroatoms. The van der Waals surface area contributed by atoms with Crippen molar-refractivity contribution < 1.29 is 22.7 Å². The maximum absolute atomic E-state index is 12.8. The van der Waals surface area contributed by atoms with Crippen LogP contribution >= 0.6 is 0 Å². The van der Waals surface area contributed by atoms with Gasteiger partial charge in [0, 0.05) is 19.2 Å². The van der Waals surface area contributed by atoms with E-state index in [1.807, 2.05) is 18.2 Å². The lowest BCUT2D eigenvalue weighted by Gasteiger charge is -2.16. The van der Waals surface area contributed by atoms with Crippen LogP contribution in [0.1, 0.15) is 33.9 Å². The molecule has 0 bridgehead atoms. The van der Waals surface area contributed by atoms with Gasteiger partial charge in [-0.2, -0.15) is 0 Å². The van der Waals surface area contributed by atoms with Crippen LogP contribution in [-0.2, 0) is 21.2 Å². The normalized spacial score (nSPS) is 15.9. The minimum absolute atomic E-state index is 0.0781. The summed E-state index contributed by atoms with van der Waals surface area (Å²) in [6.45, 7) is 0.361. The van der Waals surface area contributed by atoms with E-state index in [0.717, 1.165) is 18.4 Å². The number of sulfonamides is 1. The zero-order valence-electron chi connectivity index (χ0n) is 15.9. The van der Waals surface area contributed by atoms with Crippen LogP contribution in [0.2, 0.25) is 0 Å². The Balaban J connectivity index is 1.82. The maximum atomic E-state index is 12.8. The molecule has 0 aliphatic heterocycles. The molecule has 1 aliphatic rings. The summed E-state index contributed by atoms with van der Waals surface area (Å²) < 4.78 is 37.7. The molecule has 0 fully saturated rings. The Hall–Kier alpha value is -2.42. The highest BCUT2D eigenvalue weighted by Crippen LogP contribution is 2.31. The van der Waals surface area contributed by atoms with Crippen LogP contribution in [0.15, 0.2) is 47.4 Å². The molecule has 2 N–H and O–H groups in total. The number of benzene rings is 2. The van der Waals surface area contributed by atoms with Crippen LogP contribution in [0.3, 0.4) is 0 Å². The molecule has 0 saturated heterocycles. The molecule has 1 aliphatic carbocycles. The highest BCUT2D eigenvalue weighted by molar-refractivity contribution is 7.89. The third-order valence-corrected chi connectivity index (χ3v) is 6.23. The number of fused-ring (bicyclic) bond motifs is 1. The predicted molar refractivity (Wildman–Crippen MR) is 105 cm³/mol. The van der Waals surface area contributed by atoms with Gasteiger partial charge in [0.15, 0.2) is 0 Å². The van der Waals surface area contributed by atoms with Crippen molar-refractivity contribution in [1.82, 2.24) is 10.0 Å². The number of hydrogen-bond donors (Lipinski definition) is 2. The van der Waals surface area contributed by atoms with Crippen molar-refractivity contribution in [2.24, 2.45) is 0 Å². The van der Waals surface area contributed by atoms with Crippen LogP contribution in [-0.4, -0.2) is 41.7 Å². The summed E-state index contributed by atoms with van der Waals surface area (Å²) in [5, 5.41) is 3.00. The van der Waals surface area contributed by atoms with Crippen molar-refractivity contribution in [2.45, 2.75) is 23.8 Å². The number of ether oxygens (including phenoxy) is 2. The van der Waals surface area contributed by atoms with E-state index < -0.39 is 10.0 Å². The molecule has 0 aromatic heterocycles. The van der Waals surface area contributed by atoms with Gasteiger partial charge < -0.3 is 14.8 Å². The minimum atomic E-state index is -3.84. The number of hydrogen-bond acceptors (Lipinski definition) is 5. The molecule has 0 spiro atoms. The van der Waals surface area contributed by atoms with Crippen LogP contribution in [0.4, 0.5) is 0 Å². The van der Waals surface area contributed by atoms with Gasteiger partial charge in [-0.05, 0) is 42.2 Å². The molecule has 28 heavy (non-hydrogen) atoms. The molecule has 3 rings (SSSR count). The van der Waals surface area contributed by atoms with E-state index in [4.69, 9.17) is 9.47 Å². The second-order valence-corrected chi connectivity index (χ2v) is 8.26. The van der Waals surface area contributed by atoms with Gasteiger partial charge in [0.1, 0.15) is 10.6 Å². The van der Waals surface area contributed by atoms with Crippen molar-refractivity contribution in [3.63, 3.8) is 0 Å². The number of carbonyl (C=O) groups excluding carboxylic acids is 1. The molecular weight excluding hydrogens is 380 g/mol. The number of carbonyl (C=O) groups is 1. The lowest BCUT2D eigenvalue weighted by atomic mass is 10.1. The van der Waals surface area contributed by atoms with Gasteiger partial charge in [-0.1, -0.05) is 24.3 Å². The van der Waals surface area contributed by atoms with Crippen LogP contribution in [0, 0.1) is 0 Å². The van der Waals surface area contributed by atoms with Gasteiger partial charge in [-0.15, -0.1) is 0 Å². The predicted octanol–water partition coefficient (Wildman–Crippen LogP) is 2.04. The Labute approximate surface area is 165 Å². The van der Waals surface area contributed by atoms with E-state index in [1.54, 1.807) is 6.07 Å². The standard InChI is InChI=1S/C20H24N2O5S/c1-26-12-11-21-28(24,25)19-13-15(8-10-18(19)27-2)20(23)22-17-9-7-14-5-3-4-6-16(14)17/h3-6,8,10,13,17,21H,7,9,11-12H2,1-2H3,(H,22,23). The Morgan fingerprint density at radius 3 is 2.71 bits per heavy atom. The number of aryl methyl sites for hydroxylation is 1. The Bertz CT molecular complexity index is 959. The van der Waals surface area contributed by atoms with Gasteiger partial charge in [-0.25, -0.2) is 13.1 Å². The lowest BCUT2D eigenvalue weighted by Crippen LogP contribution is -2.29. The van der Waals surface area contributed by atoms with E-state index in [-0.39, 0.29) is 41.3 Å². The average Bonchev–Trinajstić information content (AvgIpc) is 3.10. The molecular formula is C20H24N2O5S. The molecule has 1 atom stereocenters. The molecule has 1 unspecified atom stereocenters. The van der Waals surface area contributed by atoms with Crippen molar-refractivity contribution in [2.75, 3.05) is 27.4 Å². The summed E-state index contributed by atoms with van der Waals surface area (Å²) in [5.74, 6) is -0.148. The van der Waals surface area contributed by atoms with Crippen molar-refractivity contribution >= 4 is 15.9 Å². The van der Waals surface area contributed by atoms with E-state index >= 15 is 0 Å². The highest BCUT2D eigenvalue weighted by atomic mass is 32.2. The van der Waals surface area contributed by atoms with E-state index in [1.165, 1.54) is 31.9 Å². The van der Waals surface area contributed by atoms with Crippen LogP contribution < -0.4 is 14.8 Å². The Morgan fingerprint density at radius 2 is 1.96 bits per heavy atom. The number of amides is 1. The topological polar surface area (TPSA) is 93.7 Å². The number of nitrogens with one attached hydrogen (secondary N) is 2. The molecule has 0 saturated carbocycles. The minimum Gasteiger partial charge on any atom is -0.495 e. The molecule has 1 amide bonds. The van der Waals surface area contributed by atoms with E-state index in [9.17, 15) is 13.2 Å². The summed E-state index contributed by atoms with van der Waals surface area (Å²) in [6.07, 6.45) is 1.73. The first-order valence-corrected chi connectivity index (χ1v) is 10.5. The molecule has 2 aromatic rings. The third kappa shape index (κ3) is 4.35.